The first-order valence-electron chi connectivity index (χ1n) is 6.33. The molecule has 0 atom stereocenters. The minimum atomic E-state index is -0.00182. The number of carbonyl (C=O) groups excluding carboxylic acids is 1. The van der Waals surface area contributed by atoms with E-state index in [1.54, 1.807) is 25.1 Å². The third kappa shape index (κ3) is 3.05. The van der Waals surface area contributed by atoms with Crippen molar-refractivity contribution in [3.05, 3.63) is 47.3 Å². The lowest BCUT2D eigenvalue weighted by molar-refractivity contribution is 0.101. The first-order chi connectivity index (χ1) is 9.65. The molecule has 0 bridgehead atoms. The van der Waals surface area contributed by atoms with E-state index < -0.39 is 0 Å². The number of ketones is 1. The van der Waals surface area contributed by atoms with Crippen molar-refractivity contribution < 1.29 is 14.3 Å². The number of aromatic nitrogens is 2. The van der Waals surface area contributed by atoms with E-state index in [1.807, 2.05) is 24.3 Å². The zero-order valence-electron chi connectivity index (χ0n) is 11.9. The predicted octanol–water partition coefficient (Wildman–Crippen LogP) is 2.29. The van der Waals surface area contributed by atoms with Gasteiger partial charge in [0, 0.05) is 7.11 Å². The van der Waals surface area contributed by atoms with E-state index in [-0.39, 0.29) is 5.78 Å². The summed E-state index contributed by atoms with van der Waals surface area (Å²) in [5.74, 6) is 0.814. The summed E-state index contributed by atoms with van der Waals surface area (Å²) < 4.78 is 12.1. The van der Waals surface area contributed by atoms with Gasteiger partial charge in [0.1, 0.15) is 5.75 Å². The van der Waals surface area contributed by atoms with Crippen LogP contribution in [-0.4, -0.2) is 29.8 Å². The Morgan fingerprint density at radius 3 is 2.50 bits per heavy atom. The molecule has 2 rings (SSSR count). The smallest absolute Gasteiger partial charge is 0.163 e. The first kappa shape index (κ1) is 14.3. The number of ether oxygens (including phenoxy) is 2. The molecule has 0 N–H and O–H groups in total. The van der Waals surface area contributed by atoms with Crippen molar-refractivity contribution >= 4 is 5.78 Å². The van der Waals surface area contributed by atoms with Gasteiger partial charge in [-0.3, -0.25) is 9.48 Å². The van der Waals surface area contributed by atoms with E-state index in [4.69, 9.17) is 9.47 Å². The largest absolute Gasteiger partial charge is 0.497 e. The fraction of sp³-hybridized carbons (Fsp3) is 0.333. The number of Topliss-reactive ketones (excluding diaryl/α,β-unsaturated/α-hetero) is 1. The Morgan fingerprint density at radius 2 is 1.95 bits per heavy atom. The van der Waals surface area contributed by atoms with Gasteiger partial charge in [0.15, 0.2) is 5.78 Å². The number of nitrogens with zero attached hydrogens (tertiary/aromatic N) is 2. The number of rotatable bonds is 6. The van der Waals surface area contributed by atoms with Crippen LogP contribution in [0.15, 0.2) is 30.5 Å². The monoisotopic (exact) mass is 274 g/mol. The molecule has 106 valence electrons. The molecule has 2 aromatic rings. The Balaban J connectivity index is 2.25. The summed E-state index contributed by atoms with van der Waals surface area (Å²) in [4.78, 5) is 11.6. The summed E-state index contributed by atoms with van der Waals surface area (Å²) in [5.41, 5.74) is 2.50. The van der Waals surface area contributed by atoms with Gasteiger partial charge in [0.2, 0.25) is 0 Å². The lowest BCUT2D eigenvalue weighted by Crippen LogP contribution is -2.09. The van der Waals surface area contributed by atoms with Gasteiger partial charge >= 0.3 is 0 Å². The molecule has 0 fully saturated rings. The highest BCUT2D eigenvalue weighted by atomic mass is 16.5. The highest BCUT2D eigenvalue weighted by Gasteiger charge is 2.14. The Kier molecular flexibility index (Phi) is 4.53. The Morgan fingerprint density at radius 1 is 1.25 bits per heavy atom. The molecule has 1 aromatic carbocycles. The zero-order chi connectivity index (χ0) is 14.5. The summed E-state index contributed by atoms with van der Waals surface area (Å²) in [5, 5.41) is 4.28. The summed E-state index contributed by atoms with van der Waals surface area (Å²) in [7, 11) is 3.24. The van der Waals surface area contributed by atoms with Gasteiger partial charge in [-0.1, -0.05) is 12.1 Å². The quantitative estimate of drug-likeness (QED) is 0.758. The standard InChI is InChI=1S/C15H18N2O3/c1-11(18)14-8-16-17(15(14)10-19-2)9-12-4-6-13(20-3)7-5-12/h4-8H,9-10H2,1-3H3. The Hall–Kier alpha value is -2.14. The lowest BCUT2D eigenvalue weighted by Gasteiger charge is -2.09. The summed E-state index contributed by atoms with van der Waals surface area (Å²) >= 11 is 0. The molecule has 20 heavy (non-hydrogen) atoms. The normalized spacial score (nSPS) is 10.6. The van der Waals surface area contributed by atoms with Crippen LogP contribution in [-0.2, 0) is 17.9 Å². The topological polar surface area (TPSA) is 53.3 Å². The summed E-state index contributed by atoms with van der Waals surface area (Å²) in [6.45, 7) is 2.49. The molecule has 0 saturated carbocycles. The van der Waals surface area contributed by atoms with Crippen LogP contribution in [0.2, 0.25) is 0 Å². The number of hydrogen-bond acceptors (Lipinski definition) is 4. The first-order valence-corrected chi connectivity index (χ1v) is 6.33. The average Bonchev–Trinajstić information content (AvgIpc) is 2.83. The summed E-state index contributed by atoms with van der Waals surface area (Å²) in [6.07, 6.45) is 1.60. The van der Waals surface area contributed by atoms with Crippen LogP contribution >= 0.6 is 0 Å². The molecule has 1 aromatic heterocycles. The van der Waals surface area contributed by atoms with Crippen LogP contribution in [0.3, 0.4) is 0 Å². The van der Waals surface area contributed by atoms with Gasteiger partial charge in [0.25, 0.3) is 0 Å². The molecule has 0 unspecified atom stereocenters. The second-order valence-electron chi connectivity index (χ2n) is 4.50. The summed E-state index contributed by atoms with van der Waals surface area (Å²) in [6, 6.07) is 7.76. The van der Waals surface area contributed by atoms with Crippen LogP contribution in [0.1, 0.15) is 28.5 Å². The molecule has 0 aliphatic carbocycles. The molecular formula is C15H18N2O3. The molecule has 0 radical (unpaired) electrons. The van der Waals surface area contributed by atoms with Gasteiger partial charge in [-0.05, 0) is 24.6 Å². The minimum Gasteiger partial charge on any atom is -0.497 e. The molecule has 1 heterocycles. The molecule has 5 nitrogen and oxygen atoms in total. The molecule has 0 aliphatic rings. The molecule has 0 aliphatic heterocycles. The maximum Gasteiger partial charge on any atom is 0.163 e. The van der Waals surface area contributed by atoms with Crippen molar-refractivity contribution in [2.45, 2.75) is 20.1 Å². The fourth-order valence-electron chi connectivity index (χ4n) is 2.03. The van der Waals surface area contributed by atoms with E-state index in [2.05, 4.69) is 5.10 Å². The molecule has 0 amide bonds. The van der Waals surface area contributed by atoms with Crippen LogP contribution in [0.4, 0.5) is 0 Å². The Bertz CT molecular complexity index is 588. The third-order valence-electron chi connectivity index (χ3n) is 3.10. The van der Waals surface area contributed by atoms with Gasteiger partial charge in [-0.15, -0.1) is 0 Å². The molecule has 0 spiro atoms. The second kappa shape index (κ2) is 6.34. The van der Waals surface area contributed by atoms with E-state index in [0.29, 0.717) is 18.7 Å². The van der Waals surface area contributed by atoms with Crippen molar-refractivity contribution in [2.75, 3.05) is 14.2 Å². The molecule has 0 saturated heterocycles. The van der Waals surface area contributed by atoms with E-state index in [0.717, 1.165) is 17.0 Å². The van der Waals surface area contributed by atoms with Crippen molar-refractivity contribution in [3.8, 4) is 5.75 Å². The second-order valence-corrected chi connectivity index (χ2v) is 4.50. The zero-order valence-corrected chi connectivity index (χ0v) is 11.9. The SMILES string of the molecule is COCc1c(C(C)=O)cnn1Cc1ccc(OC)cc1. The van der Waals surface area contributed by atoms with Gasteiger partial charge in [-0.25, -0.2) is 0 Å². The Labute approximate surface area is 118 Å². The highest BCUT2D eigenvalue weighted by Crippen LogP contribution is 2.15. The average molecular weight is 274 g/mol. The van der Waals surface area contributed by atoms with Gasteiger partial charge < -0.3 is 9.47 Å². The number of benzene rings is 1. The van der Waals surface area contributed by atoms with E-state index >= 15 is 0 Å². The highest BCUT2D eigenvalue weighted by molar-refractivity contribution is 5.94. The van der Waals surface area contributed by atoms with E-state index in [9.17, 15) is 4.79 Å². The third-order valence-corrected chi connectivity index (χ3v) is 3.10. The molecular weight excluding hydrogens is 256 g/mol. The fourth-order valence-corrected chi connectivity index (χ4v) is 2.03. The maximum atomic E-state index is 11.6. The minimum absolute atomic E-state index is 0.00182. The van der Waals surface area contributed by atoms with Crippen molar-refractivity contribution in [1.29, 1.82) is 0 Å². The van der Waals surface area contributed by atoms with Crippen LogP contribution in [0.25, 0.3) is 0 Å². The van der Waals surface area contributed by atoms with E-state index in [1.165, 1.54) is 6.92 Å². The predicted molar refractivity (Wildman–Crippen MR) is 75.0 cm³/mol. The number of methoxy groups -OCH3 is 2. The van der Waals surface area contributed by atoms with Crippen LogP contribution in [0.5, 0.6) is 5.75 Å². The maximum absolute atomic E-state index is 11.6. The van der Waals surface area contributed by atoms with Gasteiger partial charge in [0.05, 0.1) is 37.7 Å². The van der Waals surface area contributed by atoms with Crippen LogP contribution < -0.4 is 4.74 Å². The van der Waals surface area contributed by atoms with Gasteiger partial charge in [-0.2, -0.15) is 5.10 Å². The number of hydrogen-bond donors (Lipinski definition) is 0. The van der Waals surface area contributed by atoms with Crippen LogP contribution in [0, 0.1) is 0 Å². The van der Waals surface area contributed by atoms with Crippen molar-refractivity contribution in [1.82, 2.24) is 9.78 Å². The lowest BCUT2D eigenvalue weighted by atomic mass is 10.1. The molecule has 5 heteroatoms. The van der Waals surface area contributed by atoms with Crippen molar-refractivity contribution in [2.24, 2.45) is 0 Å². The number of carbonyl (C=O) groups is 1. The van der Waals surface area contributed by atoms with Crippen molar-refractivity contribution in [3.63, 3.8) is 0 Å².